The number of hydrogen-bond acceptors (Lipinski definition) is 7. The van der Waals surface area contributed by atoms with E-state index in [1.54, 1.807) is 18.6 Å². The molecule has 4 rings (SSSR count). The standard InChI is InChI=1S/C21H23N7O/c1-13(23)24-10-15(9-22)14-3-5-17(6-4-14)21(2,18-7-8-18)20-27-19(29-28-20)16-11-25-26-12-16/h3-6,9-12,18H,1,7-8,22-23H2,2H3,(H,25,26)/b15-9+,24-10-/t21-/m0/s1. The summed E-state index contributed by atoms with van der Waals surface area (Å²) in [4.78, 5) is 8.70. The van der Waals surface area contributed by atoms with Gasteiger partial charge in [-0.3, -0.25) is 5.10 Å². The van der Waals surface area contributed by atoms with Gasteiger partial charge in [0.1, 0.15) is 5.82 Å². The van der Waals surface area contributed by atoms with Crippen LogP contribution < -0.4 is 11.5 Å². The summed E-state index contributed by atoms with van der Waals surface area (Å²) in [5.74, 6) is 1.84. The molecule has 0 spiro atoms. The molecular weight excluding hydrogens is 366 g/mol. The maximum absolute atomic E-state index is 5.75. The van der Waals surface area contributed by atoms with E-state index in [9.17, 15) is 0 Å². The van der Waals surface area contributed by atoms with E-state index in [-0.39, 0.29) is 11.2 Å². The molecule has 1 aliphatic rings. The van der Waals surface area contributed by atoms with Gasteiger partial charge in [0.15, 0.2) is 5.82 Å². The summed E-state index contributed by atoms with van der Waals surface area (Å²) in [5, 5.41) is 11.0. The molecule has 0 saturated heterocycles. The van der Waals surface area contributed by atoms with Crippen molar-refractivity contribution in [1.82, 2.24) is 20.3 Å². The Labute approximate surface area is 168 Å². The number of aliphatic imine (C=N–C) groups is 1. The van der Waals surface area contributed by atoms with E-state index in [0.717, 1.165) is 35.1 Å². The van der Waals surface area contributed by atoms with Crippen LogP contribution in [0.25, 0.3) is 17.0 Å². The molecule has 0 radical (unpaired) electrons. The van der Waals surface area contributed by atoms with Gasteiger partial charge >= 0.3 is 0 Å². The molecule has 8 heteroatoms. The summed E-state index contributed by atoms with van der Waals surface area (Å²) >= 11 is 0. The lowest BCUT2D eigenvalue weighted by Gasteiger charge is -2.27. The molecule has 5 N–H and O–H groups in total. The van der Waals surface area contributed by atoms with Crippen molar-refractivity contribution in [3.63, 3.8) is 0 Å². The largest absolute Gasteiger partial charge is 0.404 e. The first-order chi connectivity index (χ1) is 14.0. The summed E-state index contributed by atoms with van der Waals surface area (Å²) in [6.07, 6.45) is 8.77. The Morgan fingerprint density at radius 1 is 1.34 bits per heavy atom. The van der Waals surface area contributed by atoms with E-state index < -0.39 is 0 Å². The van der Waals surface area contributed by atoms with Crippen LogP contribution in [0.15, 0.2) is 64.8 Å². The van der Waals surface area contributed by atoms with E-state index >= 15 is 0 Å². The zero-order valence-corrected chi connectivity index (χ0v) is 16.2. The van der Waals surface area contributed by atoms with Gasteiger partial charge in [0.2, 0.25) is 0 Å². The predicted octanol–water partition coefficient (Wildman–Crippen LogP) is 2.98. The van der Waals surface area contributed by atoms with Crippen molar-refractivity contribution in [3.8, 4) is 11.5 Å². The Morgan fingerprint density at radius 2 is 2.10 bits per heavy atom. The minimum atomic E-state index is -0.337. The molecule has 0 bridgehead atoms. The third-order valence-electron chi connectivity index (χ3n) is 5.40. The number of aromatic nitrogens is 4. The van der Waals surface area contributed by atoms with Gasteiger partial charge in [-0.05, 0) is 36.8 Å². The Kier molecular flexibility index (Phi) is 4.75. The second kappa shape index (κ2) is 7.38. The highest BCUT2D eigenvalue weighted by molar-refractivity contribution is 6.09. The Morgan fingerprint density at radius 3 is 2.69 bits per heavy atom. The third-order valence-corrected chi connectivity index (χ3v) is 5.40. The van der Waals surface area contributed by atoms with Crippen LogP contribution in [0.3, 0.4) is 0 Å². The molecule has 1 saturated carbocycles. The monoisotopic (exact) mass is 389 g/mol. The molecule has 1 fully saturated rings. The topological polar surface area (TPSA) is 132 Å². The third kappa shape index (κ3) is 3.56. The zero-order valence-electron chi connectivity index (χ0n) is 16.2. The lowest BCUT2D eigenvalue weighted by Crippen LogP contribution is -2.28. The van der Waals surface area contributed by atoms with Gasteiger partial charge in [0, 0.05) is 24.2 Å². The number of H-pyrrole nitrogens is 1. The number of aromatic amines is 1. The van der Waals surface area contributed by atoms with Crippen LogP contribution in [0, 0.1) is 5.92 Å². The zero-order chi connectivity index (χ0) is 20.4. The molecule has 2 heterocycles. The normalized spacial score (nSPS) is 16.8. The maximum Gasteiger partial charge on any atom is 0.261 e. The fraction of sp³-hybridized carbons (Fsp3) is 0.238. The van der Waals surface area contributed by atoms with Crippen LogP contribution in [0.4, 0.5) is 0 Å². The van der Waals surface area contributed by atoms with Crippen molar-refractivity contribution >= 4 is 11.8 Å². The average Bonchev–Trinajstić information content (AvgIpc) is 3.22. The average molecular weight is 389 g/mol. The van der Waals surface area contributed by atoms with Crippen molar-refractivity contribution in [2.75, 3.05) is 0 Å². The van der Waals surface area contributed by atoms with Crippen molar-refractivity contribution in [1.29, 1.82) is 0 Å². The Hall–Kier alpha value is -3.68. The highest BCUT2D eigenvalue weighted by Crippen LogP contribution is 2.50. The van der Waals surface area contributed by atoms with E-state index in [1.807, 2.05) is 12.1 Å². The number of rotatable bonds is 7. The number of nitrogens with one attached hydrogen (secondary N) is 1. The maximum atomic E-state index is 5.75. The van der Waals surface area contributed by atoms with Crippen molar-refractivity contribution in [2.45, 2.75) is 25.2 Å². The van der Waals surface area contributed by atoms with Gasteiger partial charge in [-0.25, -0.2) is 4.99 Å². The first kappa shape index (κ1) is 18.7. The van der Waals surface area contributed by atoms with Crippen molar-refractivity contribution < 1.29 is 4.52 Å². The highest BCUT2D eigenvalue weighted by Gasteiger charge is 2.47. The number of nitrogens with zero attached hydrogens (tertiary/aromatic N) is 4. The molecule has 0 unspecified atom stereocenters. The molecule has 3 aromatic rings. The second-order valence-corrected chi connectivity index (χ2v) is 7.34. The molecular formula is C21H23N7O. The SMILES string of the molecule is C=C(N)/N=C\C(=C/N)c1ccc([C@](C)(c2noc(-c3cn[nH]c3)n2)C2CC2)cc1. The second-order valence-electron chi connectivity index (χ2n) is 7.34. The van der Waals surface area contributed by atoms with Gasteiger partial charge in [0.25, 0.3) is 5.89 Å². The van der Waals surface area contributed by atoms with Gasteiger partial charge < -0.3 is 16.0 Å². The molecule has 0 aliphatic heterocycles. The lowest BCUT2D eigenvalue weighted by atomic mass is 9.76. The quantitative estimate of drug-likeness (QED) is 0.532. The molecule has 1 atom stereocenters. The summed E-state index contributed by atoms with van der Waals surface area (Å²) in [6.45, 7) is 5.73. The summed E-state index contributed by atoms with van der Waals surface area (Å²) in [5.41, 5.74) is 14.5. The molecule has 29 heavy (non-hydrogen) atoms. The summed E-state index contributed by atoms with van der Waals surface area (Å²) in [7, 11) is 0. The van der Waals surface area contributed by atoms with E-state index in [1.165, 1.54) is 6.20 Å². The first-order valence-electron chi connectivity index (χ1n) is 9.37. The predicted molar refractivity (Wildman–Crippen MR) is 111 cm³/mol. The number of allylic oxidation sites excluding steroid dienone is 1. The van der Waals surface area contributed by atoms with Crippen LogP contribution in [0.1, 0.15) is 36.7 Å². The number of hydrogen-bond donors (Lipinski definition) is 3. The molecule has 1 aliphatic carbocycles. The van der Waals surface area contributed by atoms with Crippen LogP contribution in [0.2, 0.25) is 0 Å². The van der Waals surface area contributed by atoms with Gasteiger partial charge in [-0.1, -0.05) is 36.0 Å². The van der Waals surface area contributed by atoms with Gasteiger partial charge in [-0.15, -0.1) is 0 Å². The fourth-order valence-electron chi connectivity index (χ4n) is 3.50. The van der Waals surface area contributed by atoms with Crippen molar-refractivity contribution in [3.05, 3.63) is 72.2 Å². The van der Waals surface area contributed by atoms with Gasteiger partial charge in [-0.2, -0.15) is 10.1 Å². The molecule has 2 aromatic heterocycles. The first-order valence-corrected chi connectivity index (χ1v) is 9.37. The highest BCUT2D eigenvalue weighted by atomic mass is 16.5. The fourth-order valence-corrected chi connectivity index (χ4v) is 3.50. The molecule has 8 nitrogen and oxygen atoms in total. The molecule has 148 valence electrons. The molecule has 0 amide bonds. The van der Waals surface area contributed by atoms with Crippen LogP contribution >= 0.6 is 0 Å². The van der Waals surface area contributed by atoms with E-state index in [0.29, 0.717) is 17.6 Å². The van der Waals surface area contributed by atoms with Crippen LogP contribution in [-0.4, -0.2) is 26.6 Å². The van der Waals surface area contributed by atoms with Crippen LogP contribution in [-0.2, 0) is 5.41 Å². The summed E-state index contributed by atoms with van der Waals surface area (Å²) in [6, 6.07) is 8.18. The minimum absolute atomic E-state index is 0.229. The number of nitrogens with two attached hydrogens (primary N) is 2. The smallest absolute Gasteiger partial charge is 0.261 e. The lowest BCUT2D eigenvalue weighted by molar-refractivity contribution is 0.386. The van der Waals surface area contributed by atoms with E-state index in [2.05, 4.69) is 51.0 Å². The molecule has 1 aromatic carbocycles. The number of benzene rings is 1. The van der Waals surface area contributed by atoms with Gasteiger partial charge in [0.05, 0.1) is 17.2 Å². The summed E-state index contributed by atoms with van der Waals surface area (Å²) < 4.78 is 5.50. The Balaban J connectivity index is 1.66. The van der Waals surface area contributed by atoms with E-state index in [4.69, 9.17) is 16.0 Å². The van der Waals surface area contributed by atoms with Crippen molar-refractivity contribution in [2.24, 2.45) is 22.4 Å². The van der Waals surface area contributed by atoms with Crippen LogP contribution in [0.5, 0.6) is 0 Å². The minimum Gasteiger partial charge on any atom is -0.404 e. The Bertz CT molecular complexity index is 1060.